The Balaban J connectivity index is 1.47. The fourth-order valence-corrected chi connectivity index (χ4v) is 3.26. The third-order valence-corrected chi connectivity index (χ3v) is 4.81. The lowest BCUT2D eigenvalue weighted by Crippen LogP contribution is -2.26. The number of nitrogens with zero attached hydrogens (tertiary/aromatic N) is 1. The van der Waals surface area contributed by atoms with Crippen molar-refractivity contribution in [1.82, 2.24) is 4.90 Å². The highest BCUT2D eigenvalue weighted by atomic mass is 32.1. The lowest BCUT2D eigenvalue weighted by molar-refractivity contribution is -0.118. The van der Waals surface area contributed by atoms with E-state index in [1.807, 2.05) is 43.3 Å². The van der Waals surface area contributed by atoms with Crippen molar-refractivity contribution >= 4 is 28.8 Å². The van der Waals surface area contributed by atoms with E-state index in [1.54, 1.807) is 12.1 Å². The zero-order valence-electron chi connectivity index (χ0n) is 15.4. The molecule has 142 valence electrons. The van der Waals surface area contributed by atoms with Crippen molar-refractivity contribution in [2.45, 2.75) is 19.8 Å². The van der Waals surface area contributed by atoms with E-state index in [1.165, 1.54) is 12.8 Å². The van der Waals surface area contributed by atoms with E-state index in [4.69, 9.17) is 21.7 Å². The summed E-state index contributed by atoms with van der Waals surface area (Å²) in [6.45, 7) is 4.55. The van der Waals surface area contributed by atoms with Gasteiger partial charge in [-0.25, -0.2) is 0 Å². The Morgan fingerprint density at radius 3 is 2.22 bits per heavy atom. The average molecular weight is 385 g/mol. The minimum atomic E-state index is -0.212. The summed E-state index contributed by atoms with van der Waals surface area (Å²) in [5, 5.41) is 2.80. The molecule has 27 heavy (non-hydrogen) atoms. The average Bonchev–Trinajstić information content (AvgIpc) is 3.23. The van der Waals surface area contributed by atoms with Crippen LogP contribution in [0.15, 0.2) is 48.5 Å². The molecule has 0 saturated carbocycles. The first kappa shape index (κ1) is 19.2. The summed E-state index contributed by atoms with van der Waals surface area (Å²) in [6.07, 6.45) is 2.40. The van der Waals surface area contributed by atoms with Gasteiger partial charge in [-0.15, -0.1) is 0 Å². The van der Waals surface area contributed by atoms with E-state index < -0.39 is 0 Å². The molecule has 1 N–H and O–H groups in total. The number of nitrogens with one attached hydrogen (secondary N) is 1. The molecule has 0 spiro atoms. The number of likely N-dealkylation sites (tertiary alicyclic amines) is 1. The van der Waals surface area contributed by atoms with Crippen molar-refractivity contribution in [1.29, 1.82) is 0 Å². The molecule has 1 saturated heterocycles. The number of anilines is 1. The minimum absolute atomic E-state index is 0.0525. The highest BCUT2D eigenvalue weighted by Gasteiger charge is 2.16. The van der Waals surface area contributed by atoms with E-state index >= 15 is 0 Å². The Labute approximate surface area is 165 Å². The molecule has 0 bridgehead atoms. The van der Waals surface area contributed by atoms with Crippen LogP contribution in [-0.4, -0.2) is 42.1 Å². The molecule has 0 atom stereocenters. The number of carbonyl (C=O) groups excluding carboxylic acids is 1. The second-order valence-corrected chi connectivity index (χ2v) is 6.70. The molecule has 0 aliphatic carbocycles. The molecule has 6 heteroatoms. The molecule has 1 amide bonds. The van der Waals surface area contributed by atoms with Crippen LogP contribution in [-0.2, 0) is 4.79 Å². The predicted octanol–water partition coefficient (Wildman–Crippen LogP) is 3.87. The van der Waals surface area contributed by atoms with Crippen molar-refractivity contribution in [3.05, 3.63) is 54.1 Å². The molecule has 2 aromatic carbocycles. The maximum absolute atomic E-state index is 12.1. The van der Waals surface area contributed by atoms with Crippen molar-refractivity contribution in [3.8, 4) is 11.5 Å². The fourth-order valence-electron chi connectivity index (χ4n) is 2.94. The standard InChI is InChI=1S/C21H24N2O3S/c1-2-25-18-11-7-17(8-12-18)22-20(24)15-26-19-9-5-16(6-10-19)21(27)23-13-3-4-14-23/h5-12H,2-4,13-15H2,1H3,(H,22,24). The number of thiocarbonyl (C=S) groups is 1. The monoisotopic (exact) mass is 384 g/mol. The van der Waals surface area contributed by atoms with Gasteiger partial charge in [-0.3, -0.25) is 4.79 Å². The fraction of sp³-hybridized carbons (Fsp3) is 0.333. The number of amides is 1. The SMILES string of the molecule is CCOc1ccc(NC(=O)COc2ccc(C(=S)N3CCCC3)cc2)cc1. The van der Waals surface area contributed by atoms with Gasteiger partial charge in [-0.2, -0.15) is 0 Å². The van der Waals surface area contributed by atoms with Gasteiger partial charge in [-0.1, -0.05) is 12.2 Å². The van der Waals surface area contributed by atoms with Crippen LogP contribution >= 0.6 is 12.2 Å². The highest BCUT2D eigenvalue weighted by Crippen LogP contribution is 2.18. The van der Waals surface area contributed by atoms with Crippen LogP contribution in [0.1, 0.15) is 25.3 Å². The first-order valence-corrected chi connectivity index (χ1v) is 9.61. The first-order valence-electron chi connectivity index (χ1n) is 9.20. The summed E-state index contributed by atoms with van der Waals surface area (Å²) < 4.78 is 10.9. The molecule has 0 unspecified atom stereocenters. The smallest absolute Gasteiger partial charge is 0.262 e. The Morgan fingerprint density at radius 1 is 1.00 bits per heavy atom. The van der Waals surface area contributed by atoms with E-state index in [0.29, 0.717) is 18.0 Å². The molecule has 1 aliphatic heterocycles. The normalized spacial score (nSPS) is 13.3. The summed E-state index contributed by atoms with van der Waals surface area (Å²) in [6, 6.07) is 14.8. The zero-order chi connectivity index (χ0) is 19.1. The molecule has 0 radical (unpaired) electrons. The molecule has 3 rings (SSSR count). The lowest BCUT2D eigenvalue weighted by atomic mass is 10.2. The van der Waals surface area contributed by atoms with Gasteiger partial charge in [0.05, 0.1) is 6.61 Å². The number of carbonyl (C=O) groups is 1. The molecule has 0 aromatic heterocycles. The van der Waals surface area contributed by atoms with E-state index in [9.17, 15) is 4.79 Å². The van der Waals surface area contributed by atoms with Crippen LogP contribution in [0.5, 0.6) is 11.5 Å². The number of benzene rings is 2. The summed E-state index contributed by atoms with van der Waals surface area (Å²) in [5.41, 5.74) is 1.72. The second kappa shape index (κ2) is 9.37. The molecule has 2 aromatic rings. The van der Waals surface area contributed by atoms with Gasteiger partial charge >= 0.3 is 0 Å². The van der Waals surface area contributed by atoms with Crippen molar-refractivity contribution in [2.75, 3.05) is 31.6 Å². The third-order valence-electron chi connectivity index (χ3n) is 4.31. The van der Waals surface area contributed by atoms with Gasteiger partial charge in [0.1, 0.15) is 16.5 Å². The lowest BCUT2D eigenvalue weighted by Gasteiger charge is -2.18. The molecular formula is C21H24N2O3S. The highest BCUT2D eigenvalue weighted by molar-refractivity contribution is 7.80. The van der Waals surface area contributed by atoms with E-state index in [0.717, 1.165) is 29.4 Å². The van der Waals surface area contributed by atoms with Gasteiger partial charge in [0.15, 0.2) is 6.61 Å². The van der Waals surface area contributed by atoms with Gasteiger partial charge in [0.25, 0.3) is 5.91 Å². The quantitative estimate of drug-likeness (QED) is 0.735. The summed E-state index contributed by atoms with van der Waals surface area (Å²) in [7, 11) is 0. The summed E-state index contributed by atoms with van der Waals surface area (Å²) >= 11 is 5.54. The van der Waals surface area contributed by atoms with Crippen LogP contribution in [0.4, 0.5) is 5.69 Å². The number of hydrogen-bond donors (Lipinski definition) is 1. The topological polar surface area (TPSA) is 50.8 Å². The Bertz CT molecular complexity index is 769. The number of hydrogen-bond acceptors (Lipinski definition) is 4. The zero-order valence-corrected chi connectivity index (χ0v) is 16.3. The van der Waals surface area contributed by atoms with Crippen molar-refractivity contribution < 1.29 is 14.3 Å². The Hall–Kier alpha value is -2.60. The van der Waals surface area contributed by atoms with Crippen molar-refractivity contribution in [3.63, 3.8) is 0 Å². The van der Waals surface area contributed by atoms with Gasteiger partial charge in [0.2, 0.25) is 0 Å². The number of ether oxygens (including phenoxy) is 2. The molecule has 1 aliphatic rings. The Kier molecular flexibility index (Phi) is 6.65. The van der Waals surface area contributed by atoms with Crippen LogP contribution in [0.3, 0.4) is 0 Å². The van der Waals surface area contributed by atoms with E-state index in [-0.39, 0.29) is 12.5 Å². The Morgan fingerprint density at radius 2 is 1.59 bits per heavy atom. The molecule has 1 fully saturated rings. The van der Waals surface area contributed by atoms with Crippen LogP contribution < -0.4 is 14.8 Å². The van der Waals surface area contributed by atoms with Crippen molar-refractivity contribution in [2.24, 2.45) is 0 Å². The largest absolute Gasteiger partial charge is 0.494 e. The summed E-state index contributed by atoms with van der Waals surface area (Å²) in [5.74, 6) is 1.21. The molecular weight excluding hydrogens is 360 g/mol. The number of rotatable bonds is 7. The minimum Gasteiger partial charge on any atom is -0.494 e. The van der Waals surface area contributed by atoms with Crippen LogP contribution in [0.25, 0.3) is 0 Å². The van der Waals surface area contributed by atoms with Gasteiger partial charge < -0.3 is 19.7 Å². The maximum atomic E-state index is 12.1. The predicted molar refractivity (Wildman–Crippen MR) is 111 cm³/mol. The third kappa shape index (κ3) is 5.44. The first-order chi connectivity index (χ1) is 13.2. The second-order valence-electron chi connectivity index (χ2n) is 6.32. The summed E-state index contributed by atoms with van der Waals surface area (Å²) in [4.78, 5) is 15.2. The van der Waals surface area contributed by atoms with Gasteiger partial charge in [0, 0.05) is 24.3 Å². The van der Waals surface area contributed by atoms with E-state index in [2.05, 4.69) is 10.2 Å². The van der Waals surface area contributed by atoms with Crippen LogP contribution in [0, 0.1) is 0 Å². The maximum Gasteiger partial charge on any atom is 0.262 e. The van der Waals surface area contributed by atoms with Crippen LogP contribution in [0.2, 0.25) is 0 Å². The van der Waals surface area contributed by atoms with Gasteiger partial charge in [-0.05, 0) is 68.3 Å². The molecule has 5 nitrogen and oxygen atoms in total. The molecule has 1 heterocycles.